The van der Waals surface area contributed by atoms with Crippen LogP contribution in [0, 0.1) is 0 Å². The van der Waals surface area contributed by atoms with Crippen molar-refractivity contribution < 1.29 is 14.7 Å². The van der Waals surface area contributed by atoms with E-state index in [1.54, 1.807) is 0 Å². The highest BCUT2D eigenvalue weighted by atomic mass is 16.4. The first kappa shape index (κ1) is 23.0. The highest BCUT2D eigenvalue weighted by molar-refractivity contribution is 6.00. The second kappa shape index (κ2) is 8.89. The van der Waals surface area contributed by atoms with Crippen molar-refractivity contribution >= 4 is 28.9 Å². The standard InChI is InChI=1S/C29H27N5O3/c1-19-15-29(24-10-6-5-9-21(19)24)11-13-33(14-12-29)27(35)22-17-31-26-23(28(36)37)18-32-34(26)25(22)30-16-20-7-3-2-4-8-20/h2-10,15,17-18,30H,11-14,16H2,1H3,(H,36,37). The van der Waals surface area contributed by atoms with Gasteiger partial charge in [-0.05, 0) is 42.0 Å². The van der Waals surface area contributed by atoms with Crippen LogP contribution in [0.1, 0.15) is 57.2 Å². The molecular weight excluding hydrogens is 466 g/mol. The van der Waals surface area contributed by atoms with Gasteiger partial charge in [-0.3, -0.25) is 4.79 Å². The van der Waals surface area contributed by atoms with Crippen molar-refractivity contribution in [3.63, 3.8) is 0 Å². The summed E-state index contributed by atoms with van der Waals surface area (Å²) in [5, 5.41) is 17.1. The number of nitrogens with one attached hydrogen (secondary N) is 1. The van der Waals surface area contributed by atoms with Crippen LogP contribution in [0.25, 0.3) is 11.2 Å². The molecule has 1 spiro atoms. The molecule has 3 heterocycles. The molecule has 0 atom stereocenters. The van der Waals surface area contributed by atoms with Crippen LogP contribution < -0.4 is 5.32 Å². The summed E-state index contributed by atoms with van der Waals surface area (Å²) in [5.74, 6) is -0.815. The minimum atomic E-state index is -1.11. The molecule has 1 aliphatic heterocycles. The van der Waals surface area contributed by atoms with Crippen molar-refractivity contribution in [1.82, 2.24) is 19.5 Å². The largest absolute Gasteiger partial charge is 0.477 e. The zero-order valence-electron chi connectivity index (χ0n) is 20.5. The first-order chi connectivity index (χ1) is 18.0. The number of anilines is 1. The Morgan fingerprint density at radius 3 is 2.49 bits per heavy atom. The molecule has 0 radical (unpaired) electrons. The summed E-state index contributed by atoms with van der Waals surface area (Å²) in [6, 6.07) is 18.4. The van der Waals surface area contributed by atoms with E-state index >= 15 is 0 Å². The predicted octanol–water partition coefficient (Wildman–Crippen LogP) is 4.63. The molecule has 4 aromatic rings. The molecule has 8 nitrogen and oxygen atoms in total. The Hall–Kier alpha value is -4.46. The number of likely N-dealkylation sites (tertiary alicyclic amines) is 1. The van der Waals surface area contributed by atoms with Crippen LogP contribution in [0.15, 0.2) is 73.1 Å². The lowest BCUT2D eigenvalue weighted by Crippen LogP contribution is -2.44. The Morgan fingerprint density at radius 1 is 1.00 bits per heavy atom. The molecule has 8 heteroatoms. The van der Waals surface area contributed by atoms with E-state index < -0.39 is 5.97 Å². The van der Waals surface area contributed by atoms with Crippen molar-refractivity contribution in [3.05, 3.63) is 101 Å². The first-order valence-corrected chi connectivity index (χ1v) is 12.4. The summed E-state index contributed by atoms with van der Waals surface area (Å²) in [4.78, 5) is 31.7. The number of allylic oxidation sites excluding steroid dienone is 2. The van der Waals surface area contributed by atoms with Gasteiger partial charge in [-0.25, -0.2) is 9.78 Å². The molecule has 186 valence electrons. The molecule has 6 rings (SSSR count). The molecule has 1 fully saturated rings. The number of hydrogen-bond donors (Lipinski definition) is 2. The molecule has 2 aromatic carbocycles. The third kappa shape index (κ3) is 3.85. The normalized spacial score (nSPS) is 16.0. The van der Waals surface area contributed by atoms with E-state index in [1.165, 1.54) is 33.6 Å². The van der Waals surface area contributed by atoms with Crippen LogP contribution >= 0.6 is 0 Å². The lowest BCUT2D eigenvalue weighted by atomic mass is 9.74. The van der Waals surface area contributed by atoms with Crippen molar-refractivity contribution in [2.75, 3.05) is 18.4 Å². The fourth-order valence-corrected chi connectivity index (χ4v) is 5.71. The molecule has 0 saturated carbocycles. The molecule has 2 N–H and O–H groups in total. The number of carboxylic acid groups (broad SMARTS) is 1. The molecule has 0 bridgehead atoms. The summed E-state index contributed by atoms with van der Waals surface area (Å²) in [5.41, 5.74) is 5.50. The van der Waals surface area contributed by atoms with Crippen molar-refractivity contribution in [3.8, 4) is 0 Å². The summed E-state index contributed by atoms with van der Waals surface area (Å²) < 4.78 is 1.42. The van der Waals surface area contributed by atoms with Gasteiger partial charge in [-0.2, -0.15) is 9.61 Å². The molecular formula is C29H27N5O3. The molecule has 1 aliphatic carbocycles. The van der Waals surface area contributed by atoms with Gasteiger partial charge in [0.1, 0.15) is 16.9 Å². The third-order valence-corrected chi connectivity index (χ3v) is 7.61. The lowest BCUT2D eigenvalue weighted by Gasteiger charge is -2.39. The van der Waals surface area contributed by atoms with E-state index in [9.17, 15) is 14.7 Å². The van der Waals surface area contributed by atoms with Gasteiger partial charge in [-0.15, -0.1) is 0 Å². The maximum absolute atomic E-state index is 13.8. The number of fused-ring (bicyclic) bond motifs is 3. The van der Waals surface area contributed by atoms with Crippen molar-refractivity contribution in [2.45, 2.75) is 31.7 Å². The van der Waals surface area contributed by atoms with E-state index in [2.05, 4.69) is 52.7 Å². The maximum atomic E-state index is 13.8. The summed E-state index contributed by atoms with van der Waals surface area (Å²) in [6.07, 6.45) is 6.81. The van der Waals surface area contributed by atoms with E-state index in [4.69, 9.17) is 0 Å². The maximum Gasteiger partial charge on any atom is 0.341 e. The Balaban J connectivity index is 1.30. The van der Waals surface area contributed by atoms with Gasteiger partial charge in [0.2, 0.25) is 0 Å². The molecule has 1 amide bonds. The topological polar surface area (TPSA) is 99.8 Å². The number of nitrogens with zero attached hydrogens (tertiary/aromatic N) is 4. The fraction of sp³-hybridized carbons (Fsp3) is 0.241. The average molecular weight is 494 g/mol. The van der Waals surface area contributed by atoms with E-state index in [0.29, 0.717) is 31.0 Å². The van der Waals surface area contributed by atoms with E-state index in [0.717, 1.165) is 18.4 Å². The number of carboxylic acids is 1. The zero-order chi connectivity index (χ0) is 25.6. The fourth-order valence-electron chi connectivity index (χ4n) is 5.71. The number of amides is 1. The zero-order valence-corrected chi connectivity index (χ0v) is 20.5. The number of hydrogen-bond acceptors (Lipinski definition) is 5. The number of aromatic nitrogens is 3. The van der Waals surface area contributed by atoms with E-state index in [-0.39, 0.29) is 22.5 Å². The Kier molecular flexibility index (Phi) is 5.52. The number of piperidine rings is 1. The Bertz CT molecular complexity index is 1550. The lowest BCUT2D eigenvalue weighted by molar-refractivity contribution is 0.0685. The molecule has 2 aliphatic rings. The first-order valence-electron chi connectivity index (χ1n) is 12.4. The SMILES string of the molecule is CC1=CC2(CCN(C(=O)c3cnc4c(C(=O)O)cnn4c3NCc3ccccc3)CC2)c2ccccc21. The summed E-state index contributed by atoms with van der Waals surface area (Å²) in [7, 11) is 0. The van der Waals surface area contributed by atoms with Gasteiger partial charge in [0.15, 0.2) is 5.65 Å². The highest BCUT2D eigenvalue weighted by Crippen LogP contribution is 2.47. The van der Waals surface area contributed by atoms with Gasteiger partial charge in [-0.1, -0.05) is 60.7 Å². The predicted molar refractivity (Wildman–Crippen MR) is 141 cm³/mol. The number of aromatic carboxylic acids is 1. The monoisotopic (exact) mass is 493 g/mol. The third-order valence-electron chi connectivity index (χ3n) is 7.61. The van der Waals surface area contributed by atoms with E-state index in [1.807, 2.05) is 35.2 Å². The second-order valence-electron chi connectivity index (χ2n) is 9.78. The number of carbonyl (C=O) groups is 2. The summed E-state index contributed by atoms with van der Waals surface area (Å²) in [6.45, 7) is 3.85. The molecule has 37 heavy (non-hydrogen) atoms. The van der Waals surface area contributed by atoms with Crippen LogP contribution in [0.2, 0.25) is 0 Å². The van der Waals surface area contributed by atoms with Gasteiger partial charge < -0.3 is 15.3 Å². The van der Waals surface area contributed by atoms with Crippen LogP contribution in [-0.2, 0) is 12.0 Å². The van der Waals surface area contributed by atoms with Gasteiger partial charge >= 0.3 is 5.97 Å². The van der Waals surface area contributed by atoms with Gasteiger partial charge in [0.05, 0.1) is 6.20 Å². The van der Waals surface area contributed by atoms with Gasteiger partial charge in [0, 0.05) is 31.2 Å². The smallest absolute Gasteiger partial charge is 0.341 e. The van der Waals surface area contributed by atoms with Crippen LogP contribution in [-0.4, -0.2) is 49.6 Å². The second-order valence-corrected chi connectivity index (χ2v) is 9.78. The van der Waals surface area contributed by atoms with Crippen molar-refractivity contribution in [2.24, 2.45) is 0 Å². The minimum absolute atomic E-state index is 0.0104. The Labute approximate surface area is 214 Å². The number of benzene rings is 2. The minimum Gasteiger partial charge on any atom is -0.477 e. The van der Waals surface area contributed by atoms with Crippen LogP contribution in [0.5, 0.6) is 0 Å². The number of carbonyl (C=O) groups excluding carboxylic acids is 1. The van der Waals surface area contributed by atoms with Crippen LogP contribution in [0.3, 0.4) is 0 Å². The number of rotatable bonds is 5. The van der Waals surface area contributed by atoms with Crippen LogP contribution in [0.4, 0.5) is 5.82 Å². The highest BCUT2D eigenvalue weighted by Gasteiger charge is 2.41. The molecule has 0 unspecified atom stereocenters. The van der Waals surface area contributed by atoms with Crippen molar-refractivity contribution in [1.29, 1.82) is 0 Å². The Morgan fingerprint density at radius 2 is 1.73 bits per heavy atom. The van der Waals surface area contributed by atoms with Gasteiger partial charge in [0.25, 0.3) is 5.91 Å². The quantitative estimate of drug-likeness (QED) is 0.421. The molecule has 2 aromatic heterocycles. The summed E-state index contributed by atoms with van der Waals surface area (Å²) >= 11 is 0. The average Bonchev–Trinajstić information content (AvgIpc) is 3.48. The molecule has 1 saturated heterocycles.